The van der Waals surface area contributed by atoms with Gasteiger partial charge in [0.25, 0.3) is 0 Å². The minimum Gasteiger partial charge on any atom is -0.466 e. The molecular formula is C15H19NO4. The smallest absolute Gasteiger partial charge is 0.313 e. The van der Waals surface area contributed by atoms with E-state index < -0.39 is 12.0 Å². The highest BCUT2D eigenvalue weighted by atomic mass is 16.5. The van der Waals surface area contributed by atoms with Crippen LogP contribution in [0.3, 0.4) is 0 Å². The molecule has 0 aliphatic rings. The molecule has 0 spiro atoms. The number of carbonyl (C=O) groups excluding carboxylic acids is 3. The van der Waals surface area contributed by atoms with Gasteiger partial charge >= 0.3 is 5.97 Å². The van der Waals surface area contributed by atoms with Crippen molar-refractivity contribution in [2.45, 2.75) is 32.7 Å². The van der Waals surface area contributed by atoms with Crippen LogP contribution in [-0.4, -0.2) is 30.3 Å². The molecule has 0 aliphatic carbocycles. The zero-order valence-corrected chi connectivity index (χ0v) is 11.7. The summed E-state index contributed by atoms with van der Waals surface area (Å²) < 4.78 is 4.75. The molecule has 0 fully saturated rings. The van der Waals surface area contributed by atoms with E-state index in [9.17, 15) is 14.4 Å². The van der Waals surface area contributed by atoms with Crippen molar-refractivity contribution in [2.24, 2.45) is 0 Å². The van der Waals surface area contributed by atoms with Gasteiger partial charge in [-0.05, 0) is 18.9 Å². The second kappa shape index (κ2) is 8.09. The zero-order chi connectivity index (χ0) is 15.0. The number of rotatable bonds is 7. The number of hydrogen-bond donors (Lipinski definition) is 1. The fourth-order valence-electron chi connectivity index (χ4n) is 1.82. The molecule has 5 nitrogen and oxygen atoms in total. The molecule has 0 radical (unpaired) electrons. The van der Waals surface area contributed by atoms with Gasteiger partial charge in [-0.25, -0.2) is 0 Å². The van der Waals surface area contributed by atoms with Crippen molar-refractivity contribution >= 4 is 17.7 Å². The Hall–Kier alpha value is -2.17. The maximum atomic E-state index is 12.1. The Morgan fingerprint density at radius 1 is 1.20 bits per heavy atom. The van der Waals surface area contributed by atoms with Gasteiger partial charge in [-0.3, -0.25) is 14.4 Å². The standard InChI is InChI=1S/C15H19NO4/c1-3-20-15(19)10-14(18)13(16-11(2)17)9-12-7-5-4-6-8-12/h4-8,13H,3,9-10H2,1-2H3,(H,16,17)/t13-/m1/s1. The van der Waals surface area contributed by atoms with E-state index in [1.807, 2.05) is 30.3 Å². The Bertz CT molecular complexity index is 470. The van der Waals surface area contributed by atoms with Crippen LogP contribution in [0.2, 0.25) is 0 Å². The fraction of sp³-hybridized carbons (Fsp3) is 0.400. The molecule has 0 unspecified atom stereocenters. The number of ether oxygens (including phenoxy) is 1. The summed E-state index contributed by atoms with van der Waals surface area (Å²) in [5, 5.41) is 2.58. The van der Waals surface area contributed by atoms with E-state index in [-0.39, 0.29) is 24.7 Å². The maximum Gasteiger partial charge on any atom is 0.313 e. The third-order valence-electron chi connectivity index (χ3n) is 2.67. The molecule has 0 aliphatic heterocycles. The SMILES string of the molecule is CCOC(=O)CC(=O)[C@@H](Cc1ccccc1)NC(C)=O. The average Bonchev–Trinajstić information content (AvgIpc) is 2.38. The minimum atomic E-state index is -0.709. The van der Waals surface area contributed by atoms with Gasteiger partial charge in [0.05, 0.1) is 12.6 Å². The monoisotopic (exact) mass is 277 g/mol. The van der Waals surface area contributed by atoms with Gasteiger partial charge < -0.3 is 10.1 Å². The fourth-order valence-corrected chi connectivity index (χ4v) is 1.82. The van der Waals surface area contributed by atoms with Crippen molar-refractivity contribution in [3.8, 4) is 0 Å². The topological polar surface area (TPSA) is 72.5 Å². The van der Waals surface area contributed by atoms with Crippen LogP contribution in [0.15, 0.2) is 30.3 Å². The number of ketones is 1. The molecule has 1 N–H and O–H groups in total. The van der Waals surface area contributed by atoms with E-state index >= 15 is 0 Å². The zero-order valence-electron chi connectivity index (χ0n) is 11.7. The minimum absolute atomic E-state index is 0.232. The average molecular weight is 277 g/mol. The Labute approximate surface area is 118 Å². The molecule has 1 aromatic rings. The molecule has 0 bridgehead atoms. The molecule has 5 heteroatoms. The van der Waals surface area contributed by atoms with Crippen molar-refractivity contribution in [3.63, 3.8) is 0 Å². The second-order valence-corrected chi connectivity index (χ2v) is 4.39. The van der Waals surface area contributed by atoms with Gasteiger partial charge in [-0.2, -0.15) is 0 Å². The summed E-state index contributed by atoms with van der Waals surface area (Å²) in [5.74, 6) is -1.22. The number of nitrogens with one attached hydrogen (secondary N) is 1. The first-order valence-corrected chi connectivity index (χ1v) is 6.52. The first-order valence-electron chi connectivity index (χ1n) is 6.52. The molecular weight excluding hydrogens is 258 g/mol. The Kier molecular flexibility index (Phi) is 6.43. The summed E-state index contributed by atoms with van der Waals surface area (Å²) in [5.41, 5.74) is 0.920. The summed E-state index contributed by atoms with van der Waals surface area (Å²) in [6.07, 6.45) is 0.0320. The van der Waals surface area contributed by atoms with Gasteiger partial charge in [0.15, 0.2) is 5.78 Å². The molecule has 1 atom stereocenters. The second-order valence-electron chi connectivity index (χ2n) is 4.39. The van der Waals surface area contributed by atoms with E-state index in [4.69, 9.17) is 4.74 Å². The normalized spacial score (nSPS) is 11.5. The highest BCUT2D eigenvalue weighted by Gasteiger charge is 2.22. The molecule has 0 heterocycles. The molecule has 1 amide bonds. The highest BCUT2D eigenvalue weighted by molar-refractivity contribution is 6.00. The molecule has 1 rings (SSSR count). The lowest BCUT2D eigenvalue weighted by molar-refractivity contribution is -0.146. The van der Waals surface area contributed by atoms with Crippen LogP contribution >= 0.6 is 0 Å². The number of Topliss-reactive ketones (excluding diaryl/α,β-unsaturated/α-hetero) is 1. The summed E-state index contributed by atoms with van der Waals surface area (Å²) in [6, 6.07) is 8.61. The molecule has 20 heavy (non-hydrogen) atoms. The van der Waals surface area contributed by atoms with E-state index in [2.05, 4.69) is 5.32 Å². The van der Waals surface area contributed by atoms with E-state index in [1.54, 1.807) is 6.92 Å². The van der Waals surface area contributed by atoms with Gasteiger partial charge in [-0.1, -0.05) is 30.3 Å². The molecule has 0 saturated heterocycles. The van der Waals surface area contributed by atoms with Crippen molar-refractivity contribution in [1.82, 2.24) is 5.32 Å². The third kappa shape index (κ3) is 5.65. The lowest BCUT2D eigenvalue weighted by Gasteiger charge is -2.16. The lowest BCUT2D eigenvalue weighted by atomic mass is 10.0. The Morgan fingerprint density at radius 3 is 2.40 bits per heavy atom. The quantitative estimate of drug-likeness (QED) is 0.601. The third-order valence-corrected chi connectivity index (χ3v) is 2.67. The largest absolute Gasteiger partial charge is 0.466 e. The highest BCUT2D eigenvalue weighted by Crippen LogP contribution is 2.06. The van der Waals surface area contributed by atoms with Crippen molar-refractivity contribution in [2.75, 3.05) is 6.61 Å². The van der Waals surface area contributed by atoms with Crippen molar-refractivity contribution in [1.29, 1.82) is 0 Å². The molecule has 1 aromatic carbocycles. The predicted molar refractivity (Wildman–Crippen MR) is 74.0 cm³/mol. The van der Waals surface area contributed by atoms with Crippen LogP contribution in [-0.2, 0) is 25.5 Å². The number of hydrogen-bond acceptors (Lipinski definition) is 4. The van der Waals surface area contributed by atoms with Gasteiger partial charge in [0.1, 0.15) is 6.42 Å². The van der Waals surface area contributed by atoms with Crippen LogP contribution in [0.1, 0.15) is 25.8 Å². The number of benzene rings is 1. The number of carbonyl (C=O) groups is 3. The first kappa shape index (κ1) is 15.9. The van der Waals surface area contributed by atoms with Crippen molar-refractivity contribution < 1.29 is 19.1 Å². The maximum absolute atomic E-state index is 12.1. The molecule has 0 aromatic heterocycles. The van der Waals surface area contributed by atoms with Crippen molar-refractivity contribution in [3.05, 3.63) is 35.9 Å². The van der Waals surface area contributed by atoms with Gasteiger partial charge in [-0.15, -0.1) is 0 Å². The van der Waals surface area contributed by atoms with E-state index in [0.29, 0.717) is 6.42 Å². The summed E-state index contributed by atoms with van der Waals surface area (Å²) >= 11 is 0. The first-order chi connectivity index (χ1) is 9.52. The van der Waals surface area contributed by atoms with Crippen LogP contribution in [0.25, 0.3) is 0 Å². The number of amides is 1. The summed E-state index contributed by atoms with van der Waals surface area (Å²) in [4.78, 5) is 34.6. The van der Waals surface area contributed by atoms with Crippen LogP contribution in [0, 0.1) is 0 Å². The Balaban J connectivity index is 2.70. The summed E-state index contributed by atoms with van der Waals surface area (Å²) in [7, 11) is 0. The van der Waals surface area contributed by atoms with Gasteiger partial charge in [0, 0.05) is 6.92 Å². The van der Waals surface area contributed by atoms with E-state index in [0.717, 1.165) is 5.56 Å². The Morgan fingerprint density at radius 2 is 1.85 bits per heavy atom. The lowest BCUT2D eigenvalue weighted by Crippen LogP contribution is -2.42. The van der Waals surface area contributed by atoms with Crippen LogP contribution in [0.4, 0.5) is 0 Å². The molecule has 108 valence electrons. The van der Waals surface area contributed by atoms with E-state index in [1.165, 1.54) is 6.92 Å². The predicted octanol–water partition coefficient (Wildman–Crippen LogP) is 1.26. The van der Waals surface area contributed by atoms with Crippen LogP contribution < -0.4 is 5.32 Å². The van der Waals surface area contributed by atoms with Crippen LogP contribution in [0.5, 0.6) is 0 Å². The summed E-state index contributed by atoms with van der Waals surface area (Å²) in [6.45, 7) is 3.25. The molecule has 0 saturated carbocycles. The number of esters is 1. The van der Waals surface area contributed by atoms with Gasteiger partial charge in [0.2, 0.25) is 5.91 Å².